The first-order chi connectivity index (χ1) is 12.1. The Morgan fingerprint density at radius 2 is 2.00 bits per heavy atom. The molecule has 0 fully saturated rings. The van der Waals surface area contributed by atoms with Crippen LogP contribution in [-0.2, 0) is 6.54 Å². The van der Waals surface area contributed by atoms with Crippen LogP contribution in [0.2, 0.25) is 0 Å². The minimum atomic E-state index is -0.422. The molecule has 0 bridgehead atoms. The summed E-state index contributed by atoms with van der Waals surface area (Å²) in [6, 6.07) is 13.1. The van der Waals surface area contributed by atoms with E-state index < -0.39 is 5.91 Å². The van der Waals surface area contributed by atoms with E-state index in [9.17, 15) is 9.59 Å². The molecule has 1 aromatic carbocycles. The molecule has 0 saturated carbocycles. The summed E-state index contributed by atoms with van der Waals surface area (Å²) < 4.78 is 1.54. The second-order valence-corrected chi connectivity index (χ2v) is 6.17. The van der Waals surface area contributed by atoms with Crippen LogP contribution >= 0.6 is 11.6 Å². The molecule has 25 heavy (non-hydrogen) atoms. The predicted molar refractivity (Wildman–Crippen MR) is 99.3 cm³/mol. The number of alkyl halides is 1. The lowest BCUT2D eigenvalue weighted by atomic mass is 10.1. The number of aryl methyl sites for hydroxylation is 1. The van der Waals surface area contributed by atoms with Crippen LogP contribution < -0.4 is 10.9 Å². The molecule has 2 heterocycles. The van der Waals surface area contributed by atoms with Crippen molar-refractivity contribution in [3.63, 3.8) is 0 Å². The third-order valence-corrected chi connectivity index (χ3v) is 4.12. The molecule has 0 radical (unpaired) electrons. The number of nitrogens with zero attached hydrogens (tertiary/aromatic N) is 2. The van der Waals surface area contributed by atoms with Gasteiger partial charge in [0.1, 0.15) is 11.2 Å². The van der Waals surface area contributed by atoms with E-state index in [0.29, 0.717) is 24.6 Å². The summed E-state index contributed by atoms with van der Waals surface area (Å²) in [5.74, 6) is -0.132. The minimum Gasteiger partial charge on any atom is -0.351 e. The number of benzene rings is 1. The number of carbonyl (C=O) groups excluding carboxylic acids is 1. The fourth-order valence-electron chi connectivity index (χ4n) is 2.65. The van der Waals surface area contributed by atoms with Gasteiger partial charge in [0.05, 0.1) is 6.54 Å². The van der Waals surface area contributed by atoms with E-state index in [1.165, 1.54) is 4.57 Å². The largest absolute Gasteiger partial charge is 0.351 e. The standard InChI is InChI=1S/C19H18ClN3O2/c1-13-4-6-14(7-5-13)12-23-17-15(3-2-9-21-17)11-16(19(23)25)18(24)22-10-8-20/h2-7,9,11H,8,10,12H2,1H3,(H,22,24). The van der Waals surface area contributed by atoms with E-state index in [2.05, 4.69) is 10.3 Å². The fraction of sp³-hybridized carbons (Fsp3) is 0.211. The molecule has 1 N–H and O–H groups in total. The molecule has 0 aliphatic rings. The van der Waals surface area contributed by atoms with Gasteiger partial charge < -0.3 is 5.32 Å². The zero-order chi connectivity index (χ0) is 17.8. The highest BCUT2D eigenvalue weighted by Crippen LogP contribution is 2.13. The Morgan fingerprint density at radius 3 is 2.72 bits per heavy atom. The van der Waals surface area contributed by atoms with Gasteiger partial charge >= 0.3 is 0 Å². The molecular formula is C19H18ClN3O2. The molecule has 0 spiro atoms. The van der Waals surface area contributed by atoms with Gasteiger partial charge in [-0.25, -0.2) is 4.98 Å². The number of nitrogens with one attached hydrogen (secondary N) is 1. The van der Waals surface area contributed by atoms with Gasteiger partial charge in [-0.2, -0.15) is 0 Å². The number of aromatic nitrogens is 2. The van der Waals surface area contributed by atoms with Gasteiger partial charge in [-0.1, -0.05) is 29.8 Å². The van der Waals surface area contributed by atoms with E-state index in [-0.39, 0.29) is 11.1 Å². The normalized spacial score (nSPS) is 10.8. The first-order valence-corrected chi connectivity index (χ1v) is 8.52. The average Bonchev–Trinajstić information content (AvgIpc) is 2.63. The van der Waals surface area contributed by atoms with Gasteiger partial charge in [0.25, 0.3) is 11.5 Å². The third kappa shape index (κ3) is 3.72. The van der Waals surface area contributed by atoms with Crippen LogP contribution in [0.4, 0.5) is 0 Å². The number of rotatable bonds is 5. The number of amides is 1. The quantitative estimate of drug-likeness (QED) is 0.716. The maximum absolute atomic E-state index is 12.9. The summed E-state index contributed by atoms with van der Waals surface area (Å²) in [7, 11) is 0. The van der Waals surface area contributed by atoms with E-state index in [1.807, 2.05) is 37.3 Å². The Bertz CT molecular complexity index is 965. The Balaban J connectivity index is 2.11. The maximum Gasteiger partial charge on any atom is 0.265 e. The van der Waals surface area contributed by atoms with Crippen LogP contribution in [0.25, 0.3) is 11.0 Å². The van der Waals surface area contributed by atoms with Crippen LogP contribution in [0.15, 0.2) is 53.5 Å². The monoisotopic (exact) mass is 355 g/mol. The lowest BCUT2D eigenvalue weighted by Crippen LogP contribution is -2.34. The van der Waals surface area contributed by atoms with Crippen molar-refractivity contribution >= 4 is 28.5 Å². The summed E-state index contributed by atoms with van der Waals surface area (Å²) in [6.45, 7) is 2.67. The van der Waals surface area contributed by atoms with Gasteiger partial charge in [-0.15, -0.1) is 11.6 Å². The molecular weight excluding hydrogens is 338 g/mol. The lowest BCUT2D eigenvalue weighted by molar-refractivity contribution is 0.0954. The van der Waals surface area contributed by atoms with Crippen molar-refractivity contribution in [3.8, 4) is 0 Å². The van der Waals surface area contributed by atoms with Crippen molar-refractivity contribution in [2.75, 3.05) is 12.4 Å². The Kier molecular flexibility index (Phi) is 5.14. The number of hydrogen-bond acceptors (Lipinski definition) is 3. The molecule has 1 amide bonds. The van der Waals surface area contributed by atoms with Crippen LogP contribution in [0.3, 0.4) is 0 Å². The molecule has 3 rings (SSSR count). The summed E-state index contributed by atoms with van der Waals surface area (Å²) in [6.07, 6.45) is 1.64. The van der Waals surface area contributed by atoms with Gasteiger partial charge in [-0.3, -0.25) is 14.2 Å². The first kappa shape index (κ1) is 17.2. The van der Waals surface area contributed by atoms with Gasteiger partial charge in [0.2, 0.25) is 0 Å². The topological polar surface area (TPSA) is 64.0 Å². The molecule has 128 valence electrons. The highest BCUT2D eigenvalue weighted by Gasteiger charge is 2.16. The van der Waals surface area contributed by atoms with Crippen LogP contribution in [-0.4, -0.2) is 27.9 Å². The molecule has 3 aromatic rings. The zero-order valence-electron chi connectivity index (χ0n) is 13.8. The zero-order valence-corrected chi connectivity index (χ0v) is 14.6. The van der Waals surface area contributed by atoms with Gasteiger partial charge in [0.15, 0.2) is 0 Å². The van der Waals surface area contributed by atoms with Gasteiger partial charge in [-0.05, 0) is 30.7 Å². The maximum atomic E-state index is 12.9. The summed E-state index contributed by atoms with van der Waals surface area (Å²) >= 11 is 5.61. The Labute approximate surface area is 150 Å². The molecule has 0 aliphatic heterocycles. The van der Waals surface area contributed by atoms with Crippen LogP contribution in [0.1, 0.15) is 21.5 Å². The second-order valence-electron chi connectivity index (χ2n) is 5.80. The summed E-state index contributed by atoms with van der Waals surface area (Å²) in [4.78, 5) is 29.5. The second kappa shape index (κ2) is 7.49. The molecule has 0 atom stereocenters. The molecule has 5 nitrogen and oxygen atoms in total. The fourth-order valence-corrected chi connectivity index (χ4v) is 2.74. The lowest BCUT2D eigenvalue weighted by Gasteiger charge is -2.12. The highest BCUT2D eigenvalue weighted by molar-refractivity contribution is 6.18. The molecule has 0 aliphatic carbocycles. The van der Waals surface area contributed by atoms with E-state index in [1.54, 1.807) is 18.3 Å². The molecule has 0 unspecified atom stereocenters. The summed E-state index contributed by atoms with van der Waals surface area (Å²) in [5, 5.41) is 3.39. The third-order valence-electron chi connectivity index (χ3n) is 3.93. The van der Waals surface area contributed by atoms with Crippen molar-refractivity contribution in [2.45, 2.75) is 13.5 Å². The van der Waals surface area contributed by atoms with Gasteiger partial charge in [0, 0.05) is 24.0 Å². The highest BCUT2D eigenvalue weighted by atomic mass is 35.5. The Hall–Kier alpha value is -2.66. The molecule has 2 aromatic heterocycles. The van der Waals surface area contributed by atoms with Crippen molar-refractivity contribution in [1.29, 1.82) is 0 Å². The van der Waals surface area contributed by atoms with Crippen LogP contribution in [0, 0.1) is 6.92 Å². The number of pyridine rings is 2. The van der Waals surface area contributed by atoms with Crippen molar-refractivity contribution in [2.24, 2.45) is 0 Å². The predicted octanol–water partition coefficient (Wildman–Crippen LogP) is 2.72. The Morgan fingerprint density at radius 1 is 1.24 bits per heavy atom. The number of carbonyl (C=O) groups is 1. The number of halogens is 1. The van der Waals surface area contributed by atoms with Crippen molar-refractivity contribution in [3.05, 3.63) is 75.7 Å². The molecule has 0 saturated heterocycles. The number of hydrogen-bond donors (Lipinski definition) is 1. The van der Waals surface area contributed by atoms with E-state index in [0.717, 1.165) is 16.5 Å². The minimum absolute atomic E-state index is 0.0951. The molecule has 6 heteroatoms. The van der Waals surface area contributed by atoms with E-state index >= 15 is 0 Å². The SMILES string of the molecule is Cc1ccc(Cn2c(=O)c(C(=O)NCCCl)cc3cccnc32)cc1. The van der Waals surface area contributed by atoms with Crippen molar-refractivity contribution < 1.29 is 4.79 Å². The first-order valence-electron chi connectivity index (χ1n) is 7.98. The smallest absolute Gasteiger partial charge is 0.265 e. The average molecular weight is 356 g/mol. The summed E-state index contributed by atoms with van der Waals surface area (Å²) in [5.41, 5.74) is 2.41. The van der Waals surface area contributed by atoms with Crippen molar-refractivity contribution in [1.82, 2.24) is 14.9 Å². The van der Waals surface area contributed by atoms with Crippen LogP contribution in [0.5, 0.6) is 0 Å². The number of fused-ring (bicyclic) bond motifs is 1. The van der Waals surface area contributed by atoms with E-state index in [4.69, 9.17) is 11.6 Å².